The van der Waals surface area contributed by atoms with Gasteiger partial charge in [-0.25, -0.2) is 0 Å². The summed E-state index contributed by atoms with van der Waals surface area (Å²) in [6, 6.07) is 0. The third-order valence-electron chi connectivity index (χ3n) is 2.39. The summed E-state index contributed by atoms with van der Waals surface area (Å²) in [6.07, 6.45) is 3.52. The summed E-state index contributed by atoms with van der Waals surface area (Å²) < 4.78 is 30.0. The average molecular weight is 246 g/mol. The first-order valence-corrected chi connectivity index (χ1v) is 5.41. The molecule has 0 aliphatic heterocycles. The molecule has 0 aromatic carbocycles. The van der Waals surface area contributed by atoms with Gasteiger partial charge in [0.2, 0.25) is 0 Å². The minimum atomic E-state index is -3.10. The molecule has 0 aliphatic rings. The molecule has 0 radical (unpaired) electrons. The Morgan fingerprint density at radius 2 is 2.29 bits per heavy atom. The smallest absolute Gasteiger partial charge is 0.322 e. The van der Waals surface area contributed by atoms with Gasteiger partial charge in [0.25, 0.3) is 5.89 Å². The van der Waals surface area contributed by atoms with Gasteiger partial charge in [-0.05, 0) is 18.8 Å². The van der Waals surface area contributed by atoms with Crippen LogP contribution in [0, 0.1) is 5.92 Å². The van der Waals surface area contributed by atoms with Crippen molar-refractivity contribution >= 4 is 0 Å². The van der Waals surface area contributed by atoms with Crippen LogP contribution in [0.1, 0.15) is 31.5 Å². The predicted octanol–water partition coefficient (Wildman–Crippen LogP) is 2.30. The van der Waals surface area contributed by atoms with Crippen LogP contribution in [-0.4, -0.2) is 21.9 Å². The fourth-order valence-electron chi connectivity index (χ4n) is 1.34. The number of hydrogen-bond donors (Lipinski definition) is 1. The van der Waals surface area contributed by atoms with E-state index in [1.165, 1.54) is 0 Å². The third-order valence-corrected chi connectivity index (χ3v) is 2.39. The molecule has 1 N–H and O–H groups in total. The van der Waals surface area contributed by atoms with Gasteiger partial charge in [-0.15, -0.1) is 6.58 Å². The van der Waals surface area contributed by atoms with Crippen LogP contribution in [0.5, 0.6) is 0 Å². The van der Waals surface area contributed by atoms with Crippen LogP contribution in [-0.2, 0) is 12.3 Å². The lowest BCUT2D eigenvalue weighted by Crippen LogP contribution is -2.07. The van der Waals surface area contributed by atoms with Crippen molar-refractivity contribution in [3.63, 3.8) is 0 Å². The topological polar surface area (TPSA) is 59.2 Å². The van der Waals surface area contributed by atoms with E-state index in [0.717, 1.165) is 0 Å². The molecule has 0 saturated heterocycles. The fourth-order valence-corrected chi connectivity index (χ4v) is 1.34. The quantitative estimate of drug-likeness (QED) is 0.750. The Balaban J connectivity index is 2.43. The molecule has 4 nitrogen and oxygen atoms in total. The summed E-state index contributed by atoms with van der Waals surface area (Å²) in [4.78, 5) is 3.61. The van der Waals surface area contributed by atoms with E-state index in [2.05, 4.69) is 21.2 Å². The van der Waals surface area contributed by atoms with Crippen LogP contribution in [0.4, 0.5) is 8.78 Å². The lowest BCUT2D eigenvalue weighted by Gasteiger charge is -2.06. The van der Waals surface area contributed by atoms with Crippen molar-refractivity contribution in [2.24, 2.45) is 5.92 Å². The van der Waals surface area contributed by atoms with Crippen molar-refractivity contribution in [1.29, 1.82) is 0 Å². The number of alkyl halides is 2. The highest BCUT2D eigenvalue weighted by molar-refractivity contribution is 4.92. The van der Waals surface area contributed by atoms with E-state index in [4.69, 9.17) is 5.11 Å². The lowest BCUT2D eigenvalue weighted by molar-refractivity contribution is -0.0158. The fraction of sp³-hybridized carbons (Fsp3) is 0.636. The van der Waals surface area contributed by atoms with Crippen LogP contribution < -0.4 is 0 Å². The zero-order valence-corrected chi connectivity index (χ0v) is 9.70. The number of aliphatic hydroxyl groups excluding tert-OH is 1. The molecule has 1 atom stereocenters. The highest BCUT2D eigenvalue weighted by Gasteiger charge is 2.31. The van der Waals surface area contributed by atoms with Crippen molar-refractivity contribution in [3.8, 4) is 0 Å². The largest absolute Gasteiger partial charge is 0.396 e. The van der Waals surface area contributed by atoms with E-state index in [9.17, 15) is 8.78 Å². The molecule has 1 unspecified atom stereocenters. The average Bonchev–Trinajstić information content (AvgIpc) is 2.73. The maximum atomic E-state index is 12.8. The molecular weight excluding hydrogens is 230 g/mol. The molecule has 0 bridgehead atoms. The van der Waals surface area contributed by atoms with E-state index in [1.807, 2.05) is 0 Å². The molecule has 1 rings (SSSR count). The SMILES string of the molecule is C=CC(CO)CCCc1noc(C(C)(F)F)n1. The van der Waals surface area contributed by atoms with Crippen molar-refractivity contribution in [3.05, 3.63) is 24.4 Å². The Bertz CT molecular complexity index is 361. The summed E-state index contributed by atoms with van der Waals surface area (Å²) in [7, 11) is 0. The molecule has 17 heavy (non-hydrogen) atoms. The van der Waals surface area contributed by atoms with Crippen LogP contribution in [0.25, 0.3) is 0 Å². The van der Waals surface area contributed by atoms with Gasteiger partial charge in [-0.3, -0.25) is 0 Å². The zero-order valence-electron chi connectivity index (χ0n) is 9.70. The minimum absolute atomic E-state index is 0.0222. The van der Waals surface area contributed by atoms with Crippen molar-refractivity contribution < 1.29 is 18.4 Å². The maximum absolute atomic E-state index is 12.8. The van der Waals surface area contributed by atoms with Gasteiger partial charge in [0.15, 0.2) is 5.82 Å². The molecule has 96 valence electrons. The van der Waals surface area contributed by atoms with Crippen molar-refractivity contribution in [2.45, 2.75) is 32.1 Å². The monoisotopic (exact) mass is 246 g/mol. The Labute approximate surface area is 98.3 Å². The van der Waals surface area contributed by atoms with Crippen LogP contribution in [0.2, 0.25) is 0 Å². The number of nitrogens with zero attached hydrogens (tertiary/aromatic N) is 2. The number of aryl methyl sites for hydroxylation is 1. The van der Waals surface area contributed by atoms with Crippen molar-refractivity contribution in [2.75, 3.05) is 6.61 Å². The number of aliphatic hydroxyl groups is 1. The normalized spacial score (nSPS) is 13.6. The van der Waals surface area contributed by atoms with Gasteiger partial charge in [0, 0.05) is 20.0 Å². The van der Waals surface area contributed by atoms with Gasteiger partial charge in [-0.2, -0.15) is 13.8 Å². The first kappa shape index (κ1) is 13.8. The highest BCUT2D eigenvalue weighted by Crippen LogP contribution is 2.25. The standard InChI is InChI=1S/C11H16F2N2O2/c1-3-8(7-16)5-4-6-9-14-10(17-15-9)11(2,12)13/h3,8,16H,1,4-7H2,2H3. The van der Waals surface area contributed by atoms with Crippen molar-refractivity contribution in [1.82, 2.24) is 10.1 Å². The Morgan fingerprint density at radius 1 is 1.59 bits per heavy atom. The zero-order chi connectivity index (χ0) is 12.9. The Kier molecular flexibility index (Phi) is 4.74. The molecule has 0 spiro atoms. The molecule has 1 aromatic rings. The van der Waals surface area contributed by atoms with Gasteiger partial charge in [-0.1, -0.05) is 11.2 Å². The second kappa shape index (κ2) is 5.86. The van der Waals surface area contributed by atoms with Gasteiger partial charge in [0.05, 0.1) is 0 Å². The number of halogens is 2. The van der Waals surface area contributed by atoms with E-state index < -0.39 is 11.8 Å². The number of hydrogen-bond acceptors (Lipinski definition) is 4. The number of aromatic nitrogens is 2. The Morgan fingerprint density at radius 3 is 2.76 bits per heavy atom. The van der Waals surface area contributed by atoms with Crippen LogP contribution in [0.15, 0.2) is 17.2 Å². The summed E-state index contributed by atoms with van der Waals surface area (Å²) in [5.41, 5.74) is 0. The summed E-state index contributed by atoms with van der Waals surface area (Å²) in [5, 5.41) is 12.4. The Hall–Kier alpha value is -1.30. The van der Waals surface area contributed by atoms with E-state index in [0.29, 0.717) is 26.2 Å². The van der Waals surface area contributed by atoms with Gasteiger partial charge in [0.1, 0.15) is 0 Å². The first-order chi connectivity index (χ1) is 7.97. The predicted molar refractivity (Wildman–Crippen MR) is 57.6 cm³/mol. The van der Waals surface area contributed by atoms with Crippen LogP contribution in [0.3, 0.4) is 0 Å². The number of rotatable bonds is 7. The van der Waals surface area contributed by atoms with Gasteiger partial charge < -0.3 is 9.63 Å². The summed E-state index contributed by atoms with van der Waals surface area (Å²) >= 11 is 0. The maximum Gasteiger partial charge on any atom is 0.322 e. The van der Waals surface area contributed by atoms with Gasteiger partial charge >= 0.3 is 5.92 Å². The molecule has 1 heterocycles. The molecular formula is C11H16F2N2O2. The third kappa shape index (κ3) is 4.22. The molecule has 0 amide bonds. The molecule has 0 aliphatic carbocycles. The molecule has 0 saturated carbocycles. The van der Waals surface area contributed by atoms with Crippen LogP contribution >= 0.6 is 0 Å². The second-order valence-corrected chi connectivity index (χ2v) is 3.97. The highest BCUT2D eigenvalue weighted by atomic mass is 19.3. The molecule has 6 heteroatoms. The minimum Gasteiger partial charge on any atom is -0.396 e. The summed E-state index contributed by atoms with van der Waals surface area (Å²) in [5.74, 6) is -3.47. The van der Waals surface area contributed by atoms with E-state index in [1.54, 1.807) is 6.08 Å². The van der Waals surface area contributed by atoms with E-state index in [-0.39, 0.29) is 18.3 Å². The second-order valence-electron chi connectivity index (χ2n) is 3.97. The van der Waals surface area contributed by atoms with E-state index >= 15 is 0 Å². The molecule has 0 fully saturated rings. The first-order valence-electron chi connectivity index (χ1n) is 5.41. The molecule has 1 aromatic heterocycles. The lowest BCUT2D eigenvalue weighted by atomic mass is 10.0. The summed E-state index contributed by atoms with van der Waals surface area (Å²) in [6.45, 7) is 4.33.